The number of pyridine rings is 1. The molecule has 0 aliphatic rings. The first-order chi connectivity index (χ1) is 7.88. The number of nitrogens with zero attached hydrogens (tertiary/aromatic N) is 4. The van der Waals surface area contributed by atoms with Gasteiger partial charge < -0.3 is 5.32 Å². The van der Waals surface area contributed by atoms with Crippen LogP contribution in [0.3, 0.4) is 0 Å². The minimum absolute atomic E-state index is 0.354. The summed E-state index contributed by atoms with van der Waals surface area (Å²) >= 11 is 0. The van der Waals surface area contributed by atoms with Crippen molar-refractivity contribution in [2.75, 3.05) is 5.32 Å². The highest BCUT2D eigenvalue weighted by molar-refractivity contribution is 5.39. The smallest absolute Gasteiger partial charge is 0.145 e. The zero-order valence-electron chi connectivity index (χ0n) is 8.46. The van der Waals surface area contributed by atoms with Gasteiger partial charge in [0.25, 0.3) is 0 Å². The Labute approximate surface area is 92.8 Å². The average Bonchev–Trinajstić information content (AvgIpc) is 2.38. The van der Waals surface area contributed by atoms with E-state index in [1.807, 2.05) is 18.2 Å². The summed E-state index contributed by atoms with van der Waals surface area (Å²) in [5, 5.41) is 11.8. The topological polar surface area (TPSA) is 74.5 Å². The number of rotatable bonds is 3. The molecule has 0 saturated carbocycles. The summed E-state index contributed by atoms with van der Waals surface area (Å²) in [5.74, 6) is 0.642. The maximum atomic E-state index is 8.67. The molecule has 5 heteroatoms. The molecule has 2 rings (SSSR count). The molecule has 0 fully saturated rings. The van der Waals surface area contributed by atoms with Crippen molar-refractivity contribution in [2.24, 2.45) is 0 Å². The van der Waals surface area contributed by atoms with Crippen molar-refractivity contribution in [3.63, 3.8) is 0 Å². The van der Waals surface area contributed by atoms with E-state index < -0.39 is 0 Å². The summed E-state index contributed by atoms with van der Waals surface area (Å²) in [6.07, 6.45) is 4.84. The summed E-state index contributed by atoms with van der Waals surface area (Å²) in [6, 6.07) is 7.41. The molecule has 2 heterocycles. The predicted molar refractivity (Wildman–Crippen MR) is 58.3 cm³/mol. The summed E-state index contributed by atoms with van der Waals surface area (Å²) in [4.78, 5) is 11.7. The van der Waals surface area contributed by atoms with Crippen LogP contribution in [0.5, 0.6) is 0 Å². The Morgan fingerprint density at radius 2 is 2.06 bits per heavy atom. The minimum Gasteiger partial charge on any atom is -0.366 e. The van der Waals surface area contributed by atoms with Gasteiger partial charge in [-0.15, -0.1) is 0 Å². The predicted octanol–water partition coefficient (Wildman–Crippen LogP) is 1.36. The van der Waals surface area contributed by atoms with Crippen LogP contribution in [-0.2, 0) is 6.54 Å². The zero-order chi connectivity index (χ0) is 11.2. The molecule has 78 valence electrons. The van der Waals surface area contributed by atoms with Gasteiger partial charge in [0.1, 0.15) is 23.9 Å². The first-order valence-corrected chi connectivity index (χ1v) is 4.73. The molecule has 0 amide bonds. The average molecular weight is 211 g/mol. The lowest BCUT2D eigenvalue weighted by atomic mass is 10.3. The van der Waals surface area contributed by atoms with E-state index in [2.05, 4.69) is 20.3 Å². The normalized spacial score (nSPS) is 9.44. The van der Waals surface area contributed by atoms with Crippen molar-refractivity contribution in [1.82, 2.24) is 15.0 Å². The maximum Gasteiger partial charge on any atom is 0.145 e. The Balaban J connectivity index is 2.03. The second-order valence-corrected chi connectivity index (χ2v) is 3.11. The van der Waals surface area contributed by atoms with E-state index in [4.69, 9.17) is 5.26 Å². The molecule has 2 aromatic rings. The molecule has 0 unspecified atom stereocenters. The molecule has 1 N–H and O–H groups in total. The van der Waals surface area contributed by atoms with Crippen LogP contribution >= 0.6 is 0 Å². The van der Waals surface area contributed by atoms with Gasteiger partial charge in [-0.25, -0.2) is 9.97 Å². The molecular formula is C11H9N5. The van der Waals surface area contributed by atoms with E-state index in [-0.39, 0.29) is 0 Å². The summed E-state index contributed by atoms with van der Waals surface area (Å²) in [7, 11) is 0. The van der Waals surface area contributed by atoms with Gasteiger partial charge in [-0.1, -0.05) is 0 Å². The molecule has 0 aromatic carbocycles. The number of nitriles is 1. The number of hydrogen-bond acceptors (Lipinski definition) is 5. The van der Waals surface area contributed by atoms with Gasteiger partial charge in [0.2, 0.25) is 0 Å². The minimum atomic E-state index is 0.354. The third-order valence-corrected chi connectivity index (χ3v) is 2.00. The lowest BCUT2D eigenvalue weighted by Gasteiger charge is -2.04. The Hall–Kier alpha value is -2.48. The maximum absolute atomic E-state index is 8.67. The third kappa shape index (κ3) is 2.51. The highest BCUT2D eigenvalue weighted by Gasteiger charge is 1.97. The van der Waals surface area contributed by atoms with Gasteiger partial charge >= 0.3 is 0 Å². The van der Waals surface area contributed by atoms with Crippen molar-refractivity contribution in [2.45, 2.75) is 6.54 Å². The first-order valence-electron chi connectivity index (χ1n) is 4.73. The number of nitrogens with one attached hydrogen (secondary N) is 1. The molecule has 0 spiro atoms. The molecule has 16 heavy (non-hydrogen) atoms. The zero-order valence-corrected chi connectivity index (χ0v) is 8.46. The summed E-state index contributed by atoms with van der Waals surface area (Å²) in [6.45, 7) is 0.643. The highest BCUT2D eigenvalue weighted by atomic mass is 15.0. The van der Waals surface area contributed by atoms with Crippen LogP contribution < -0.4 is 5.32 Å². The molecule has 2 aromatic heterocycles. The first kappa shape index (κ1) is 10.1. The number of anilines is 1. The van der Waals surface area contributed by atoms with Crippen molar-refractivity contribution in [3.05, 3.63) is 48.2 Å². The molecule has 0 atom stereocenters. The van der Waals surface area contributed by atoms with Gasteiger partial charge in [0.05, 0.1) is 0 Å². The molecule has 0 bridgehead atoms. The van der Waals surface area contributed by atoms with E-state index in [0.29, 0.717) is 18.1 Å². The quantitative estimate of drug-likeness (QED) is 0.829. The summed E-state index contributed by atoms with van der Waals surface area (Å²) in [5.41, 5.74) is 1.46. The Bertz CT molecular complexity index is 503. The highest BCUT2D eigenvalue weighted by Crippen LogP contribution is 2.05. The molecule has 0 aliphatic heterocycles. The molecule has 0 saturated heterocycles. The van der Waals surface area contributed by atoms with Gasteiger partial charge in [-0.3, -0.25) is 4.98 Å². The second-order valence-electron chi connectivity index (χ2n) is 3.11. The standard InChI is InChI=1S/C11H9N5/c12-6-10-5-11(16-8-15-10)14-7-9-1-3-13-4-2-9/h1-5,8H,7H2,(H,14,15,16). The fourth-order valence-corrected chi connectivity index (χ4v) is 1.21. The Morgan fingerprint density at radius 1 is 1.25 bits per heavy atom. The van der Waals surface area contributed by atoms with Crippen LogP contribution in [0.4, 0.5) is 5.82 Å². The van der Waals surface area contributed by atoms with Crippen LogP contribution in [-0.4, -0.2) is 15.0 Å². The van der Waals surface area contributed by atoms with Crippen molar-refractivity contribution in [3.8, 4) is 6.07 Å². The monoisotopic (exact) mass is 211 g/mol. The fourth-order valence-electron chi connectivity index (χ4n) is 1.21. The van der Waals surface area contributed by atoms with Crippen LogP contribution in [0, 0.1) is 11.3 Å². The van der Waals surface area contributed by atoms with E-state index in [9.17, 15) is 0 Å². The van der Waals surface area contributed by atoms with Crippen LogP contribution in [0.15, 0.2) is 36.9 Å². The van der Waals surface area contributed by atoms with E-state index in [1.165, 1.54) is 6.33 Å². The van der Waals surface area contributed by atoms with Crippen LogP contribution in [0.1, 0.15) is 11.3 Å². The number of aromatic nitrogens is 3. The van der Waals surface area contributed by atoms with Crippen molar-refractivity contribution in [1.29, 1.82) is 5.26 Å². The van der Waals surface area contributed by atoms with E-state index in [0.717, 1.165) is 5.56 Å². The van der Waals surface area contributed by atoms with Crippen LogP contribution in [0.2, 0.25) is 0 Å². The van der Waals surface area contributed by atoms with Crippen molar-refractivity contribution >= 4 is 5.82 Å². The molecule has 5 nitrogen and oxygen atoms in total. The SMILES string of the molecule is N#Cc1cc(NCc2ccncc2)ncn1. The molecular weight excluding hydrogens is 202 g/mol. The van der Waals surface area contributed by atoms with Crippen molar-refractivity contribution < 1.29 is 0 Å². The van der Waals surface area contributed by atoms with Gasteiger partial charge in [-0.2, -0.15) is 5.26 Å². The second kappa shape index (κ2) is 4.84. The largest absolute Gasteiger partial charge is 0.366 e. The Morgan fingerprint density at radius 3 is 2.81 bits per heavy atom. The van der Waals surface area contributed by atoms with E-state index >= 15 is 0 Å². The van der Waals surface area contributed by atoms with Gasteiger partial charge in [0.15, 0.2) is 0 Å². The molecule has 0 aliphatic carbocycles. The van der Waals surface area contributed by atoms with E-state index in [1.54, 1.807) is 18.5 Å². The lowest BCUT2D eigenvalue weighted by Crippen LogP contribution is -2.02. The van der Waals surface area contributed by atoms with Gasteiger partial charge in [0, 0.05) is 25.0 Å². The number of hydrogen-bond donors (Lipinski definition) is 1. The van der Waals surface area contributed by atoms with Gasteiger partial charge in [-0.05, 0) is 17.7 Å². The summed E-state index contributed by atoms with van der Waals surface area (Å²) < 4.78 is 0. The van der Waals surface area contributed by atoms with Crippen LogP contribution in [0.25, 0.3) is 0 Å². The third-order valence-electron chi connectivity index (χ3n) is 2.00. The lowest BCUT2D eigenvalue weighted by molar-refractivity contribution is 1.06. The fraction of sp³-hybridized carbons (Fsp3) is 0.0909. The Kier molecular flexibility index (Phi) is 3.04. The molecule has 0 radical (unpaired) electrons.